The summed E-state index contributed by atoms with van der Waals surface area (Å²) in [6.07, 6.45) is 4.55. The van der Waals surface area contributed by atoms with E-state index in [2.05, 4.69) is 11.9 Å². The Morgan fingerprint density at radius 2 is 2.64 bits per heavy atom. The fourth-order valence-corrected chi connectivity index (χ4v) is 2.15. The van der Waals surface area contributed by atoms with Crippen molar-refractivity contribution >= 4 is 11.3 Å². The van der Waals surface area contributed by atoms with Crippen molar-refractivity contribution in [1.29, 1.82) is 0 Å². The van der Waals surface area contributed by atoms with Gasteiger partial charge < -0.3 is 4.74 Å². The highest BCUT2D eigenvalue weighted by atomic mass is 32.1. The lowest BCUT2D eigenvalue weighted by Crippen LogP contribution is -1.93. The Morgan fingerprint density at radius 3 is 3.18 bits per heavy atom. The van der Waals surface area contributed by atoms with Crippen LogP contribution in [0.2, 0.25) is 0 Å². The Balaban J connectivity index is 2.15. The van der Waals surface area contributed by atoms with E-state index in [0.717, 1.165) is 18.0 Å². The second-order valence-corrected chi connectivity index (χ2v) is 4.08. The minimum Gasteiger partial charge on any atom is -0.371 e. The molecule has 2 heterocycles. The fraction of sp³-hybridized carbons (Fsp3) is 0.625. The van der Waals surface area contributed by atoms with Crippen LogP contribution in [0.3, 0.4) is 0 Å². The Hall–Kier alpha value is -0.410. The average molecular weight is 169 g/mol. The zero-order valence-electron chi connectivity index (χ0n) is 6.54. The van der Waals surface area contributed by atoms with Gasteiger partial charge in [0.2, 0.25) is 0 Å². The molecule has 1 atom stereocenters. The van der Waals surface area contributed by atoms with Gasteiger partial charge in [-0.25, -0.2) is 4.98 Å². The molecule has 1 unspecified atom stereocenters. The van der Waals surface area contributed by atoms with Crippen LogP contribution >= 0.6 is 11.3 Å². The molecular weight excluding hydrogens is 158 g/mol. The molecule has 1 aromatic rings. The molecular formula is C8H11NOS. The number of aromatic nitrogens is 1. The van der Waals surface area contributed by atoms with E-state index in [9.17, 15) is 0 Å². The molecule has 3 heteroatoms. The molecule has 0 amide bonds. The second kappa shape index (κ2) is 2.91. The molecule has 0 aromatic carbocycles. The maximum absolute atomic E-state index is 5.50. The minimum absolute atomic E-state index is 0.300. The van der Waals surface area contributed by atoms with E-state index in [-0.39, 0.29) is 0 Å². The molecule has 0 radical (unpaired) electrons. The Labute approximate surface area is 70.2 Å². The van der Waals surface area contributed by atoms with Gasteiger partial charge in [0.25, 0.3) is 0 Å². The van der Waals surface area contributed by atoms with Crippen molar-refractivity contribution < 1.29 is 4.74 Å². The molecule has 0 bridgehead atoms. The molecule has 2 rings (SSSR count). The van der Waals surface area contributed by atoms with Gasteiger partial charge in [0, 0.05) is 17.7 Å². The molecule has 0 saturated carbocycles. The maximum Gasteiger partial charge on any atom is 0.122 e. The van der Waals surface area contributed by atoms with Crippen LogP contribution in [0, 0.1) is 6.92 Å². The molecule has 60 valence electrons. The smallest absolute Gasteiger partial charge is 0.122 e. The summed E-state index contributed by atoms with van der Waals surface area (Å²) in [4.78, 5) is 5.56. The Kier molecular flexibility index (Phi) is 1.92. The minimum atomic E-state index is 0.300. The van der Waals surface area contributed by atoms with E-state index in [0.29, 0.717) is 6.10 Å². The number of nitrogens with zero attached hydrogens (tertiary/aromatic N) is 1. The van der Waals surface area contributed by atoms with E-state index in [4.69, 9.17) is 4.74 Å². The van der Waals surface area contributed by atoms with Gasteiger partial charge in [0.15, 0.2) is 0 Å². The molecule has 1 aromatic heterocycles. The highest BCUT2D eigenvalue weighted by Crippen LogP contribution is 2.30. The molecule has 0 spiro atoms. The predicted molar refractivity (Wildman–Crippen MR) is 44.8 cm³/mol. The van der Waals surface area contributed by atoms with E-state index >= 15 is 0 Å². The lowest BCUT2D eigenvalue weighted by molar-refractivity contribution is 0.111. The topological polar surface area (TPSA) is 22.1 Å². The van der Waals surface area contributed by atoms with Crippen molar-refractivity contribution in [3.05, 3.63) is 16.1 Å². The zero-order chi connectivity index (χ0) is 7.68. The highest BCUT2D eigenvalue weighted by molar-refractivity contribution is 7.11. The summed E-state index contributed by atoms with van der Waals surface area (Å²) in [5.74, 6) is 0. The van der Waals surface area contributed by atoms with E-state index < -0.39 is 0 Å². The van der Waals surface area contributed by atoms with Crippen molar-refractivity contribution in [2.75, 3.05) is 6.61 Å². The molecule has 0 aliphatic carbocycles. The van der Waals surface area contributed by atoms with E-state index in [1.54, 1.807) is 11.3 Å². The highest BCUT2D eigenvalue weighted by Gasteiger charge is 2.19. The van der Waals surface area contributed by atoms with Gasteiger partial charge in [-0.05, 0) is 19.8 Å². The number of ether oxygens (including phenoxy) is 1. The van der Waals surface area contributed by atoms with Crippen LogP contribution in [0.1, 0.15) is 28.8 Å². The van der Waals surface area contributed by atoms with Gasteiger partial charge in [-0.15, -0.1) is 11.3 Å². The van der Waals surface area contributed by atoms with Crippen LogP contribution in [-0.4, -0.2) is 11.6 Å². The first-order valence-electron chi connectivity index (χ1n) is 3.90. The van der Waals surface area contributed by atoms with Crippen LogP contribution in [0.25, 0.3) is 0 Å². The molecule has 1 aliphatic heterocycles. The first-order chi connectivity index (χ1) is 5.36. The van der Waals surface area contributed by atoms with Gasteiger partial charge in [0.1, 0.15) is 11.1 Å². The Bertz CT molecular complexity index is 240. The van der Waals surface area contributed by atoms with Gasteiger partial charge in [0.05, 0.1) is 0 Å². The Morgan fingerprint density at radius 1 is 1.73 bits per heavy atom. The molecule has 11 heavy (non-hydrogen) atoms. The van der Waals surface area contributed by atoms with Crippen LogP contribution in [-0.2, 0) is 4.74 Å². The molecule has 1 saturated heterocycles. The van der Waals surface area contributed by atoms with E-state index in [1.807, 2.05) is 6.20 Å². The monoisotopic (exact) mass is 169 g/mol. The maximum atomic E-state index is 5.50. The predicted octanol–water partition coefficient (Wildman–Crippen LogP) is 2.30. The van der Waals surface area contributed by atoms with E-state index in [1.165, 1.54) is 11.3 Å². The summed E-state index contributed by atoms with van der Waals surface area (Å²) in [7, 11) is 0. The third-order valence-corrected chi connectivity index (χ3v) is 2.85. The van der Waals surface area contributed by atoms with Gasteiger partial charge >= 0.3 is 0 Å². The quantitative estimate of drug-likeness (QED) is 0.643. The summed E-state index contributed by atoms with van der Waals surface area (Å²) in [6, 6.07) is 0. The lowest BCUT2D eigenvalue weighted by Gasteiger charge is -2.02. The lowest BCUT2D eigenvalue weighted by atomic mass is 10.2. The van der Waals surface area contributed by atoms with Gasteiger partial charge in [-0.1, -0.05) is 0 Å². The van der Waals surface area contributed by atoms with Crippen LogP contribution in [0.5, 0.6) is 0 Å². The number of rotatable bonds is 1. The van der Waals surface area contributed by atoms with Crippen molar-refractivity contribution in [2.24, 2.45) is 0 Å². The number of hydrogen-bond acceptors (Lipinski definition) is 3. The largest absolute Gasteiger partial charge is 0.371 e. The van der Waals surface area contributed by atoms with Crippen molar-refractivity contribution in [1.82, 2.24) is 4.98 Å². The third kappa shape index (κ3) is 1.44. The zero-order valence-corrected chi connectivity index (χ0v) is 7.36. The third-order valence-electron chi connectivity index (χ3n) is 1.84. The van der Waals surface area contributed by atoms with Crippen LogP contribution in [0.4, 0.5) is 0 Å². The van der Waals surface area contributed by atoms with Crippen LogP contribution in [0.15, 0.2) is 6.20 Å². The molecule has 1 aliphatic rings. The first kappa shape index (κ1) is 7.25. The van der Waals surface area contributed by atoms with Crippen molar-refractivity contribution in [3.8, 4) is 0 Å². The average Bonchev–Trinajstić information content (AvgIpc) is 2.55. The summed E-state index contributed by atoms with van der Waals surface area (Å²) in [5.41, 5.74) is 0. The number of thiazole rings is 1. The van der Waals surface area contributed by atoms with Crippen LogP contribution < -0.4 is 0 Å². The summed E-state index contributed by atoms with van der Waals surface area (Å²) >= 11 is 1.75. The fourth-order valence-electron chi connectivity index (χ4n) is 1.29. The van der Waals surface area contributed by atoms with Crippen molar-refractivity contribution in [3.63, 3.8) is 0 Å². The second-order valence-electron chi connectivity index (χ2n) is 2.81. The molecule has 2 nitrogen and oxygen atoms in total. The first-order valence-corrected chi connectivity index (χ1v) is 4.72. The molecule has 1 fully saturated rings. The summed E-state index contributed by atoms with van der Waals surface area (Å²) < 4.78 is 5.50. The van der Waals surface area contributed by atoms with Gasteiger partial charge in [-0.2, -0.15) is 0 Å². The van der Waals surface area contributed by atoms with Crippen molar-refractivity contribution in [2.45, 2.75) is 25.9 Å². The number of hydrogen-bond donors (Lipinski definition) is 0. The number of aryl methyl sites for hydroxylation is 1. The summed E-state index contributed by atoms with van der Waals surface area (Å²) in [6.45, 7) is 2.99. The molecule has 0 N–H and O–H groups in total. The summed E-state index contributed by atoms with van der Waals surface area (Å²) in [5, 5.41) is 1.15. The SMILES string of the molecule is Cc1cnc(C2CCCO2)s1. The van der Waals surface area contributed by atoms with Gasteiger partial charge in [-0.3, -0.25) is 0 Å². The standard InChI is InChI=1S/C8H11NOS/c1-6-5-9-8(11-6)7-3-2-4-10-7/h5,7H,2-4H2,1H3. The normalized spacial score (nSPS) is 24.3.